The van der Waals surface area contributed by atoms with Crippen molar-refractivity contribution in [3.8, 4) is 0 Å². The van der Waals surface area contributed by atoms with Gasteiger partial charge in [0.15, 0.2) is 0 Å². The fraction of sp³-hybridized carbons (Fsp3) is 0.450. The summed E-state index contributed by atoms with van der Waals surface area (Å²) in [7, 11) is 0. The van der Waals surface area contributed by atoms with E-state index >= 15 is 0 Å². The maximum absolute atomic E-state index is 10.6. The molecule has 1 rings (SSSR count). The van der Waals surface area contributed by atoms with E-state index in [0.717, 1.165) is 30.1 Å². The molecule has 22 heavy (non-hydrogen) atoms. The van der Waals surface area contributed by atoms with E-state index in [0.29, 0.717) is 17.6 Å². The van der Waals surface area contributed by atoms with E-state index in [4.69, 9.17) is 9.22 Å². The van der Waals surface area contributed by atoms with Crippen LogP contribution in [-0.2, 0) is 4.79 Å². The van der Waals surface area contributed by atoms with Crippen LogP contribution in [0.2, 0.25) is 0 Å². The largest absolute Gasteiger partial charge is 0.478 e. The van der Waals surface area contributed by atoms with Gasteiger partial charge in [0.1, 0.15) is 0 Å². The molecule has 1 N–H and O–H groups in total. The Labute approximate surface area is 138 Å². The quantitative estimate of drug-likeness (QED) is 0.530. The molecule has 0 heterocycles. The maximum Gasteiger partial charge on any atom is 0.328 e. The number of aliphatic carboxylic acids is 1. The van der Waals surface area contributed by atoms with E-state index in [-0.39, 0.29) is 5.41 Å². The van der Waals surface area contributed by atoms with Crippen molar-refractivity contribution in [2.45, 2.75) is 53.8 Å². The van der Waals surface area contributed by atoms with Gasteiger partial charge in [0.2, 0.25) is 0 Å². The Hall–Kier alpha value is -1.83. The first kappa shape index (κ1) is 13.8. The van der Waals surface area contributed by atoms with Crippen molar-refractivity contribution in [2.75, 3.05) is 0 Å². The predicted octanol–water partition coefficient (Wildman–Crippen LogP) is 5.60. The number of hydrogen-bond donors (Lipinski definition) is 1. The molecule has 0 fully saturated rings. The Morgan fingerprint density at radius 3 is 2.64 bits per heavy atom. The molecule has 0 radical (unpaired) electrons. The van der Waals surface area contributed by atoms with Crippen molar-refractivity contribution in [2.24, 2.45) is 5.41 Å². The van der Waals surface area contributed by atoms with Crippen molar-refractivity contribution in [1.82, 2.24) is 0 Å². The molecule has 120 valence electrons. The van der Waals surface area contributed by atoms with Crippen molar-refractivity contribution in [1.29, 1.82) is 0 Å². The Kier molecular flexibility index (Phi) is 5.01. The third-order valence-corrected chi connectivity index (χ3v) is 3.87. The second-order valence-corrected chi connectivity index (χ2v) is 6.46. The Morgan fingerprint density at radius 2 is 2.00 bits per heavy atom. The summed E-state index contributed by atoms with van der Waals surface area (Å²) in [5.41, 5.74) is 2.97. The highest BCUT2D eigenvalue weighted by Gasteiger charge is 2.26. The normalized spacial score (nSPS) is 22.8. The molecule has 0 aromatic heterocycles. The second-order valence-electron chi connectivity index (χ2n) is 6.46. The van der Waals surface area contributed by atoms with Crippen molar-refractivity contribution in [3.63, 3.8) is 0 Å². The van der Waals surface area contributed by atoms with Gasteiger partial charge < -0.3 is 5.11 Å². The molecule has 0 spiro atoms. The van der Waals surface area contributed by atoms with E-state index in [9.17, 15) is 4.79 Å². The van der Waals surface area contributed by atoms with E-state index in [1.807, 2.05) is 25.2 Å². The molecule has 2 heteroatoms. The van der Waals surface area contributed by atoms with Crippen LogP contribution in [0, 0.1) is 5.41 Å². The summed E-state index contributed by atoms with van der Waals surface area (Å²) in [6, 6.07) is 0. The summed E-state index contributed by atoms with van der Waals surface area (Å²) in [6.07, 6.45) is 12.9. The fourth-order valence-electron chi connectivity index (χ4n) is 2.58. The lowest BCUT2D eigenvalue weighted by Gasteiger charge is -2.32. The number of carbonyl (C=O) groups is 1. The lowest BCUT2D eigenvalue weighted by atomic mass is 9.72. The Bertz CT molecular complexity index is 657. The summed E-state index contributed by atoms with van der Waals surface area (Å²) in [6.45, 7) is 5.80. The smallest absolute Gasteiger partial charge is 0.328 e. The minimum Gasteiger partial charge on any atom is -0.478 e. The zero-order valence-corrected chi connectivity index (χ0v) is 13.9. The molecule has 0 aromatic rings. The van der Waals surface area contributed by atoms with Gasteiger partial charge in [-0.15, -0.1) is 0 Å². The van der Waals surface area contributed by atoms with Crippen molar-refractivity contribution >= 4 is 5.97 Å². The van der Waals surface area contributed by atoms with Gasteiger partial charge in [0, 0.05) is 10.2 Å². The van der Waals surface area contributed by atoms with Crippen LogP contribution in [0.25, 0.3) is 0 Å². The average molecular weight is 303 g/mol. The van der Waals surface area contributed by atoms with E-state index in [2.05, 4.69) is 13.8 Å². The molecule has 0 bridgehead atoms. The molecular formula is C20H28O2. The third kappa shape index (κ3) is 5.88. The topological polar surface area (TPSA) is 37.3 Å². The Balaban J connectivity index is 3.03. The van der Waals surface area contributed by atoms with Gasteiger partial charge in [0.05, 0.1) is 0 Å². The van der Waals surface area contributed by atoms with E-state index < -0.39 is 12.8 Å². The van der Waals surface area contributed by atoms with Gasteiger partial charge in [0.25, 0.3) is 0 Å². The molecule has 0 aliphatic heterocycles. The SMILES string of the molecule is [2H]C([2H])([2H])C1=C(/C=C/C(C)=C/C=C/C(C)=C/C(=O)O)C(C)(C)CCC1. The third-order valence-electron chi connectivity index (χ3n) is 3.87. The van der Waals surface area contributed by atoms with Crippen LogP contribution >= 0.6 is 0 Å². The highest BCUT2D eigenvalue weighted by Crippen LogP contribution is 2.40. The molecule has 0 aromatic carbocycles. The number of carboxylic acid groups (broad SMARTS) is 1. The van der Waals surface area contributed by atoms with E-state index in [1.54, 1.807) is 19.1 Å². The van der Waals surface area contributed by atoms with Crippen LogP contribution in [0.5, 0.6) is 0 Å². The first-order chi connectivity index (χ1) is 11.4. The molecule has 1 aliphatic carbocycles. The molecule has 0 amide bonds. The zero-order valence-electron chi connectivity index (χ0n) is 16.9. The van der Waals surface area contributed by atoms with Gasteiger partial charge in [-0.05, 0) is 56.5 Å². The minimum atomic E-state index is -2.05. The molecule has 1 aliphatic rings. The van der Waals surface area contributed by atoms with Gasteiger partial charge in [-0.3, -0.25) is 0 Å². The maximum atomic E-state index is 10.6. The minimum absolute atomic E-state index is 0.143. The molecule has 0 saturated heterocycles. The monoisotopic (exact) mass is 303 g/mol. The second kappa shape index (κ2) is 7.98. The molecule has 2 nitrogen and oxygen atoms in total. The van der Waals surface area contributed by atoms with Crippen LogP contribution in [0.1, 0.15) is 57.9 Å². The molecule has 0 saturated carbocycles. The summed E-state index contributed by atoms with van der Waals surface area (Å²) < 4.78 is 23.4. The average Bonchev–Trinajstić information content (AvgIpc) is 2.43. The predicted molar refractivity (Wildman–Crippen MR) is 93.8 cm³/mol. The fourth-order valence-corrected chi connectivity index (χ4v) is 2.58. The number of rotatable bonds is 5. The van der Waals surface area contributed by atoms with Gasteiger partial charge in [-0.1, -0.05) is 55.4 Å². The zero-order chi connectivity index (χ0) is 19.3. The standard InChI is InChI=1S/C20H28O2/c1-15(8-6-9-16(2)14-19(21)22)11-12-18-17(3)10-7-13-20(18,4)5/h6,8-9,11-12,14H,7,10,13H2,1-5H3,(H,21,22)/b9-6+,12-11+,15-8+,16-14+/i3D3. The summed E-state index contributed by atoms with van der Waals surface area (Å²) in [5, 5.41) is 8.67. The number of carboxylic acids is 1. The van der Waals surface area contributed by atoms with Crippen LogP contribution in [0.15, 0.2) is 58.7 Å². The van der Waals surface area contributed by atoms with Crippen LogP contribution < -0.4 is 0 Å². The van der Waals surface area contributed by atoms with Crippen LogP contribution in [0.3, 0.4) is 0 Å². The van der Waals surface area contributed by atoms with Crippen molar-refractivity contribution in [3.05, 3.63) is 58.7 Å². The molecule has 0 unspecified atom stereocenters. The highest BCUT2D eigenvalue weighted by atomic mass is 16.4. The summed E-state index contributed by atoms with van der Waals surface area (Å²) >= 11 is 0. The molecule has 0 atom stereocenters. The first-order valence-electron chi connectivity index (χ1n) is 9.12. The van der Waals surface area contributed by atoms with Gasteiger partial charge in [-0.2, -0.15) is 0 Å². The van der Waals surface area contributed by atoms with Gasteiger partial charge in [-0.25, -0.2) is 4.79 Å². The Morgan fingerprint density at radius 1 is 1.27 bits per heavy atom. The lowest BCUT2D eigenvalue weighted by molar-refractivity contribution is -0.131. The van der Waals surface area contributed by atoms with Crippen LogP contribution in [0.4, 0.5) is 0 Å². The first-order valence-corrected chi connectivity index (χ1v) is 7.62. The highest BCUT2D eigenvalue weighted by molar-refractivity contribution is 5.81. The lowest BCUT2D eigenvalue weighted by Crippen LogP contribution is -2.19. The van der Waals surface area contributed by atoms with Crippen molar-refractivity contribution < 1.29 is 14.0 Å². The summed E-state index contributed by atoms with van der Waals surface area (Å²) in [5.74, 6) is -0.966. The van der Waals surface area contributed by atoms with Crippen LogP contribution in [-0.4, -0.2) is 11.1 Å². The van der Waals surface area contributed by atoms with Gasteiger partial charge >= 0.3 is 5.97 Å². The number of allylic oxidation sites excluding steroid dienone is 9. The molecular weight excluding hydrogens is 272 g/mol. The summed E-state index contributed by atoms with van der Waals surface area (Å²) in [4.78, 5) is 10.6. The number of hydrogen-bond acceptors (Lipinski definition) is 1. The van der Waals surface area contributed by atoms with E-state index in [1.165, 1.54) is 0 Å².